The minimum atomic E-state index is -0.0249. The van der Waals surface area contributed by atoms with Gasteiger partial charge in [-0.3, -0.25) is 14.9 Å². The summed E-state index contributed by atoms with van der Waals surface area (Å²) in [5, 5.41) is 6.74. The quantitative estimate of drug-likeness (QED) is 0.804. The SMILES string of the molecule is C[C@H](c1ccncc1)N(C)C(=O)c1cccc(-c2cn[nH]c2)c1. The number of aromatic amines is 1. The summed E-state index contributed by atoms with van der Waals surface area (Å²) in [6, 6.07) is 11.4. The third kappa shape index (κ3) is 3.13. The van der Waals surface area contributed by atoms with E-state index in [2.05, 4.69) is 15.2 Å². The van der Waals surface area contributed by atoms with E-state index in [-0.39, 0.29) is 11.9 Å². The highest BCUT2D eigenvalue weighted by molar-refractivity contribution is 5.95. The first-order valence-corrected chi connectivity index (χ1v) is 7.43. The molecule has 23 heavy (non-hydrogen) atoms. The van der Waals surface area contributed by atoms with Crippen molar-refractivity contribution in [2.45, 2.75) is 13.0 Å². The topological polar surface area (TPSA) is 61.9 Å². The molecule has 0 radical (unpaired) electrons. The van der Waals surface area contributed by atoms with Crippen LogP contribution in [0.25, 0.3) is 11.1 Å². The Kier molecular flexibility index (Phi) is 4.19. The molecule has 2 heterocycles. The monoisotopic (exact) mass is 306 g/mol. The number of aromatic nitrogens is 3. The number of nitrogens with zero attached hydrogens (tertiary/aromatic N) is 3. The lowest BCUT2D eigenvalue weighted by Crippen LogP contribution is -2.29. The molecule has 0 fully saturated rings. The summed E-state index contributed by atoms with van der Waals surface area (Å²) >= 11 is 0. The molecule has 0 spiro atoms. The van der Waals surface area contributed by atoms with Gasteiger partial charge in [0.15, 0.2) is 0 Å². The van der Waals surface area contributed by atoms with Gasteiger partial charge in [-0.15, -0.1) is 0 Å². The largest absolute Gasteiger partial charge is 0.335 e. The van der Waals surface area contributed by atoms with Gasteiger partial charge in [-0.25, -0.2) is 0 Å². The molecule has 0 bridgehead atoms. The Morgan fingerprint density at radius 3 is 2.65 bits per heavy atom. The molecule has 1 aromatic carbocycles. The molecule has 1 atom stereocenters. The van der Waals surface area contributed by atoms with E-state index in [1.165, 1.54) is 0 Å². The molecule has 0 unspecified atom stereocenters. The molecule has 2 aromatic heterocycles. The third-order valence-electron chi connectivity index (χ3n) is 4.03. The zero-order chi connectivity index (χ0) is 16.2. The highest BCUT2D eigenvalue weighted by Gasteiger charge is 2.19. The van der Waals surface area contributed by atoms with E-state index in [9.17, 15) is 4.79 Å². The second kappa shape index (κ2) is 6.44. The highest BCUT2D eigenvalue weighted by atomic mass is 16.2. The molecule has 5 heteroatoms. The van der Waals surface area contributed by atoms with Gasteiger partial charge in [-0.2, -0.15) is 5.10 Å². The van der Waals surface area contributed by atoms with Crippen LogP contribution in [0, 0.1) is 0 Å². The van der Waals surface area contributed by atoms with Crippen LogP contribution >= 0.6 is 0 Å². The summed E-state index contributed by atoms with van der Waals surface area (Å²) in [5.41, 5.74) is 3.65. The maximum Gasteiger partial charge on any atom is 0.254 e. The van der Waals surface area contributed by atoms with E-state index >= 15 is 0 Å². The molecule has 0 saturated carbocycles. The Labute approximate surface area is 135 Å². The van der Waals surface area contributed by atoms with E-state index in [0.29, 0.717) is 5.56 Å². The van der Waals surface area contributed by atoms with E-state index in [1.807, 2.05) is 56.6 Å². The van der Waals surface area contributed by atoms with Crippen LogP contribution in [-0.2, 0) is 0 Å². The van der Waals surface area contributed by atoms with Gasteiger partial charge < -0.3 is 4.90 Å². The molecule has 3 aromatic rings. The van der Waals surface area contributed by atoms with Crippen LogP contribution in [0.3, 0.4) is 0 Å². The Balaban J connectivity index is 1.84. The zero-order valence-corrected chi connectivity index (χ0v) is 13.1. The molecule has 116 valence electrons. The number of H-pyrrole nitrogens is 1. The van der Waals surface area contributed by atoms with Crippen molar-refractivity contribution in [3.63, 3.8) is 0 Å². The number of rotatable bonds is 4. The molecular formula is C18H18N4O. The predicted molar refractivity (Wildman–Crippen MR) is 88.8 cm³/mol. The molecule has 0 aliphatic carbocycles. The number of amides is 1. The molecule has 0 saturated heterocycles. The van der Waals surface area contributed by atoms with Gasteiger partial charge in [0.1, 0.15) is 0 Å². The molecule has 5 nitrogen and oxygen atoms in total. The number of nitrogens with one attached hydrogen (secondary N) is 1. The van der Waals surface area contributed by atoms with E-state index in [4.69, 9.17) is 0 Å². The van der Waals surface area contributed by atoms with Crippen molar-refractivity contribution in [2.24, 2.45) is 0 Å². The van der Waals surface area contributed by atoms with Gasteiger partial charge in [-0.1, -0.05) is 12.1 Å². The van der Waals surface area contributed by atoms with Crippen LogP contribution in [-0.4, -0.2) is 33.0 Å². The summed E-state index contributed by atoms with van der Waals surface area (Å²) in [6.45, 7) is 2.01. The smallest absolute Gasteiger partial charge is 0.254 e. The zero-order valence-electron chi connectivity index (χ0n) is 13.1. The minimum Gasteiger partial charge on any atom is -0.335 e. The van der Waals surface area contributed by atoms with Crippen molar-refractivity contribution in [3.05, 3.63) is 72.3 Å². The maximum absolute atomic E-state index is 12.8. The number of hydrogen-bond acceptors (Lipinski definition) is 3. The fraction of sp³-hybridized carbons (Fsp3) is 0.167. The molecular weight excluding hydrogens is 288 g/mol. The highest BCUT2D eigenvalue weighted by Crippen LogP contribution is 2.23. The number of hydrogen-bond donors (Lipinski definition) is 1. The summed E-state index contributed by atoms with van der Waals surface area (Å²) in [6.07, 6.45) is 7.03. The van der Waals surface area contributed by atoms with Crippen LogP contribution in [0.5, 0.6) is 0 Å². The van der Waals surface area contributed by atoms with Crippen LogP contribution < -0.4 is 0 Å². The van der Waals surface area contributed by atoms with Crippen LogP contribution in [0.1, 0.15) is 28.9 Å². The van der Waals surface area contributed by atoms with Gasteiger partial charge in [0.2, 0.25) is 0 Å². The van der Waals surface area contributed by atoms with E-state index in [1.54, 1.807) is 23.5 Å². The lowest BCUT2D eigenvalue weighted by Gasteiger charge is -2.25. The summed E-state index contributed by atoms with van der Waals surface area (Å²) in [5.74, 6) is -0.0142. The third-order valence-corrected chi connectivity index (χ3v) is 4.03. The number of carbonyl (C=O) groups is 1. The van der Waals surface area contributed by atoms with Crippen molar-refractivity contribution in [1.29, 1.82) is 0 Å². The van der Waals surface area contributed by atoms with Crippen molar-refractivity contribution >= 4 is 5.91 Å². The van der Waals surface area contributed by atoms with Crippen molar-refractivity contribution in [1.82, 2.24) is 20.1 Å². The molecule has 1 amide bonds. The van der Waals surface area contributed by atoms with Gasteiger partial charge in [0.25, 0.3) is 5.91 Å². The summed E-state index contributed by atoms with van der Waals surface area (Å²) < 4.78 is 0. The molecule has 1 N–H and O–H groups in total. The Hall–Kier alpha value is -2.95. The van der Waals surface area contributed by atoms with Crippen molar-refractivity contribution < 1.29 is 4.79 Å². The number of benzene rings is 1. The Morgan fingerprint density at radius 2 is 1.96 bits per heavy atom. The van der Waals surface area contributed by atoms with Crippen LogP contribution in [0.4, 0.5) is 0 Å². The lowest BCUT2D eigenvalue weighted by atomic mass is 10.0. The van der Waals surface area contributed by atoms with Crippen molar-refractivity contribution in [2.75, 3.05) is 7.05 Å². The standard InChI is InChI=1S/C18H18N4O/c1-13(14-6-8-19-9-7-14)22(2)18(23)16-5-3-4-15(10-16)17-11-20-21-12-17/h3-13H,1-2H3,(H,20,21)/t13-/m1/s1. The average Bonchev–Trinajstić information content (AvgIpc) is 3.15. The van der Waals surface area contributed by atoms with Crippen LogP contribution in [0.15, 0.2) is 61.2 Å². The fourth-order valence-corrected chi connectivity index (χ4v) is 2.49. The summed E-state index contributed by atoms with van der Waals surface area (Å²) in [7, 11) is 1.82. The summed E-state index contributed by atoms with van der Waals surface area (Å²) in [4.78, 5) is 18.5. The first kappa shape index (κ1) is 15.0. The first-order valence-electron chi connectivity index (χ1n) is 7.43. The van der Waals surface area contributed by atoms with E-state index in [0.717, 1.165) is 16.7 Å². The number of carbonyl (C=O) groups excluding carboxylic acids is 1. The minimum absolute atomic E-state index is 0.0142. The van der Waals surface area contributed by atoms with Crippen molar-refractivity contribution in [3.8, 4) is 11.1 Å². The Bertz CT molecular complexity index is 784. The molecule has 0 aliphatic rings. The molecule has 0 aliphatic heterocycles. The van der Waals surface area contributed by atoms with Crippen LogP contribution in [0.2, 0.25) is 0 Å². The molecule has 3 rings (SSSR count). The first-order chi connectivity index (χ1) is 11.2. The van der Waals surface area contributed by atoms with Gasteiger partial charge in [0, 0.05) is 36.8 Å². The lowest BCUT2D eigenvalue weighted by molar-refractivity contribution is 0.0742. The second-order valence-corrected chi connectivity index (χ2v) is 5.44. The fourth-order valence-electron chi connectivity index (χ4n) is 2.49. The average molecular weight is 306 g/mol. The van der Waals surface area contributed by atoms with E-state index < -0.39 is 0 Å². The maximum atomic E-state index is 12.8. The van der Waals surface area contributed by atoms with Gasteiger partial charge in [0.05, 0.1) is 12.2 Å². The predicted octanol–water partition coefficient (Wildman–Crippen LogP) is 3.30. The Morgan fingerprint density at radius 1 is 1.17 bits per heavy atom. The normalized spacial score (nSPS) is 11.9. The second-order valence-electron chi connectivity index (χ2n) is 5.44. The van der Waals surface area contributed by atoms with Gasteiger partial charge >= 0.3 is 0 Å². The van der Waals surface area contributed by atoms with Gasteiger partial charge in [-0.05, 0) is 42.3 Å². The number of pyridine rings is 1.